The fourth-order valence-electron chi connectivity index (χ4n) is 2.13. The summed E-state index contributed by atoms with van der Waals surface area (Å²) >= 11 is 0. The molecule has 0 aliphatic carbocycles. The summed E-state index contributed by atoms with van der Waals surface area (Å²) in [7, 11) is 0. The van der Waals surface area contributed by atoms with Gasteiger partial charge in [-0.1, -0.05) is 36.4 Å². The van der Waals surface area contributed by atoms with Crippen molar-refractivity contribution in [3.63, 3.8) is 0 Å². The van der Waals surface area contributed by atoms with E-state index in [0.29, 0.717) is 5.95 Å². The number of hydrogen-bond acceptors (Lipinski definition) is 5. The maximum absolute atomic E-state index is 5.55. The van der Waals surface area contributed by atoms with Crippen LogP contribution in [0.5, 0.6) is 0 Å². The van der Waals surface area contributed by atoms with Crippen LogP contribution in [0.25, 0.3) is 10.8 Å². The van der Waals surface area contributed by atoms with Crippen LogP contribution in [0.4, 0.5) is 11.9 Å². The lowest BCUT2D eigenvalue weighted by atomic mass is 10.0. The highest BCUT2D eigenvalue weighted by Crippen LogP contribution is 2.22. The Labute approximate surface area is 116 Å². The number of nitrogens with zero attached hydrogens (tertiary/aromatic N) is 3. The Kier molecular flexibility index (Phi) is 3.16. The van der Waals surface area contributed by atoms with Gasteiger partial charge in [-0.25, -0.2) is 9.97 Å². The van der Waals surface area contributed by atoms with Gasteiger partial charge in [0.2, 0.25) is 11.9 Å². The molecule has 20 heavy (non-hydrogen) atoms. The molecule has 0 aliphatic heterocycles. The fraction of sp³-hybridized carbons (Fsp3) is 0.133. The van der Waals surface area contributed by atoms with Crippen molar-refractivity contribution in [1.82, 2.24) is 15.0 Å². The highest BCUT2D eigenvalue weighted by atomic mass is 15.2. The van der Waals surface area contributed by atoms with Gasteiger partial charge in [0.05, 0.1) is 6.04 Å². The molecule has 0 unspecified atom stereocenters. The van der Waals surface area contributed by atoms with Crippen LogP contribution < -0.4 is 11.1 Å². The number of fused-ring (bicyclic) bond motifs is 1. The molecule has 0 saturated heterocycles. The van der Waals surface area contributed by atoms with Gasteiger partial charge in [-0.05, 0) is 29.3 Å². The standard InChI is InChI=1S/C15H15N5/c1-10(19-15-18-9-17-14(16)20-15)12-7-6-11-4-2-3-5-13(11)8-12/h2-10H,1H3,(H3,16,17,18,19,20)/t10-/m0/s1. The molecular formula is C15H15N5. The lowest BCUT2D eigenvalue weighted by Crippen LogP contribution is -2.10. The average molecular weight is 265 g/mol. The summed E-state index contributed by atoms with van der Waals surface area (Å²) in [5, 5.41) is 5.67. The fourth-order valence-corrected chi connectivity index (χ4v) is 2.13. The van der Waals surface area contributed by atoms with Crippen LogP contribution >= 0.6 is 0 Å². The second-order valence-corrected chi connectivity index (χ2v) is 4.64. The number of nitrogens with two attached hydrogens (primary N) is 1. The minimum absolute atomic E-state index is 0.0846. The Hall–Kier alpha value is -2.69. The Morgan fingerprint density at radius 2 is 1.85 bits per heavy atom. The van der Waals surface area contributed by atoms with Crippen LogP contribution in [-0.2, 0) is 0 Å². The number of anilines is 2. The van der Waals surface area contributed by atoms with Crippen LogP contribution in [0.2, 0.25) is 0 Å². The molecule has 2 aromatic carbocycles. The van der Waals surface area contributed by atoms with E-state index in [1.807, 2.05) is 12.1 Å². The third kappa shape index (κ3) is 2.51. The lowest BCUT2D eigenvalue weighted by molar-refractivity contribution is 0.857. The maximum Gasteiger partial charge on any atom is 0.227 e. The van der Waals surface area contributed by atoms with Crippen molar-refractivity contribution < 1.29 is 0 Å². The van der Waals surface area contributed by atoms with Crippen LogP contribution in [0.1, 0.15) is 18.5 Å². The first kappa shape index (κ1) is 12.3. The average Bonchev–Trinajstić information content (AvgIpc) is 2.47. The van der Waals surface area contributed by atoms with Gasteiger partial charge in [-0.3, -0.25) is 0 Å². The van der Waals surface area contributed by atoms with Gasteiger partial charge < -0.3 is 11.1 Å². The number of nitrogens with one attached hydrogen (secondary N) is 1. The molecule has 1 heterocycles. The molecule has 0 bridgehead atoms. The third-order valence-corrected chi connectivity index (χ3v) is 3.21. The van der Waals surface area contributed by atoms with Crippen molar-refractivity contribution in [3.8, 4) is 0 Å². The van der Waals surface area contributed by atoms with E-state index in [1.165, 1.54) is 22.7 Å². The lowest BCUT2D eigenvalue weighted by Gasteiger charge is -2.14. The first-order valence-corrected chi connectivity index (χ1v) is 6.42. The molecule has 0 saturated carbocycles. The van der Waals surface area contributed by atoms with Crippen molar-refractivity contribution in [3.05, 3.63) is 54.4 Å². The number of benzene rings is 2. The molecule has 0 radical (unpaired) electrons. The summed E-state index contributed by atoms with van der Waals surface area (Å²) in [5.41, 5.74) is 6.71. The first-order chi connectivity index (χ1) is 9.72. The summed E-state index contributed by atoms with van der Waals surface area (Å²) in [6.07, 6.45) is 1.40. The smallest absolute Gasteiger partial charge is 0.227 e. The molecule has 3 rings (SSSR count). The van der Waals surface area contributed by atoms with Gasteiger partial charge in [0, 0.05) is 0 Å². The van der Waals surface area contributed by atoms with Crippen LogP contribution in [0.3, 0.4) is 0 Å². The van der Waals surface area contributed by atoms with E-state index in [-0.39, 0.29) is 12.0 Å². The molecule has 1 aromatic heterocycles. The molecular weight excluding hydrogens is 250 g/mol. The SMILES string of the molecule is C[C@H](Nc1ncnc(N)n1)c1ccc2ccccc2c1. The summed E-state index contributed by atoms with van der Waals surface area (Å²) in [5.74, 6) is 0.700. The van der Waals surface area contributed by atoms with Gasteiger partial charge in [-0.2, -0.15) is 4.98 Å². The van der Waals surface area contributed by atoms with E-state index in [9.17, 15) is 0 Å². The molecule has 3 N–H and O–H groups in total. The van der Waals surface area contributed by atoms with Crippen molar-refractivity contribution >= 4 is 22.7 Å². The summed E-state index contributed by atoms with van der Waals surface area (Å²) in [6.45, 7) is 2.06. The molecule has 5 heteroatoms. The predicted molar refractivity (Wildman–Crippen MR) is 80.2 cm³/mol. The second kappa shape index (κ2) is 5.13. The number of aromatic nitrogens is 3. The molecule has 0 amide bonds. The van der Waals surface area contributed by atoms with Crippen molar-refractivity contribution in [2.24, 2.45) is 0 Å². The van der Waals surface area contributed by atoms with Crippen LogP contribution in [0, 0.1) is 0 Å². The van der Waals surface area contributed by atoms with E-state index >= 15 is 0 Å². The first-order valence-electron chi connectivity index (χ1n) is 6.42. The van der Waals surface area contributed by atoms with E-state index < -0.39 is 0 Å². The minimum atomic E-state index is 0.0846. The normalized spacial score (nSPS) is 12.2. The van der Waals surface area contributed by atoms with E-state index in [0.717, 1.165) is 0 Å². The summed E-state index contributed by atoms with van der Waals surface area (Å²) < 4.78 is 0. The van der Waals surface area contributed by atoms with Crippen molar-refractivity contribution in [1.29, 1.82) is 0 Å². The molecule has 5 nitrogen and oxygen atoms in total. The number of hydrogen-bond donors (Lipinski definition) is 2. The Morgan fingerprint density at radius 3 is 2.65 bits per heavy atom. The zero-order valence-electron chi connectivity index (χ0n) is 11.1. The topological polar surface area (TPSA) is 76.7 Å². The molecule has 1 atom stereocenters. The second-order valence-electron chi connectivity index (χ2n) is 4.64. The maximum atomic E-state index is 5.55. The molecule has 0 fully saturated rings. The molecule has 3 aromatic rings. The van der Waals surface area contributed by atoms with Crippen LogP contribution in [-0.4, -0.2) is 15.0 Å². The molecule has 100 valence electrons. The van der Waals surface area contributed by atoms with Crippen molar-refractivity contribution in [2.75, 3.05) is 11.1 Å². The third-order valence-electron chi connectivity index (χ3n) is 3.21. The highest BCUT2D eigenvalue weighted by molar-refractivity contribution is 5.83. The zero-order valence-corrected chi connectivity index (χ0v) is 11.1. The monoisotopic (exact) mass is 265 g/mol. The quantitative estimate of drug-likeness (QED) is 0.761. The highest BCUT2D eigenvalue weighted by Gasteiger charge is 2.08. The summed E-state index contributed by atoms with van der Waals surface area (Å²) in [6, 6.07) is 14.7. The van der Waals surface area contributed by atoms with Gasteiger partial charge in [0.1, 0.15) is 6.33 Å². The molecule has 0 spiro atoms. The van der Waals surface area contributed by atoms with Gasteiger partial charge in [-0.15, -0.1) is 0 Å². The minimum Gasteiger partial charge on any atom is -0.368 e. The number of nitrogen functional groups attached to an aromatic ring is 1. The van der Waals surface area contributed by atoms with E-state index in [4.69, 9.17) is 5.73 Å². The van der Waals surface area contributed by atoms with Gasteiger partial charge in [0.25, 0.3) is 0 Å². The van der Waals surface area contributed by atoms with E-state index in [2.05, 4.69) is 57.5 Å². The summed E-state index contributed by atoms with van der Waals surface area (Å²) in [4.78, 5) is 11.9. The predicted octanol–water partition coefficient (Wildman–Crippen LogP) is 2.78. The largest absolute Gasteiger partial charge is 0.368 e. The van der Waals surface area contributed by atoms with E-state index in [1.54, 1.807) is 0 Å². The zero-order chi connectivity index (χ0) is 13.9. The Morgan fingerprint density at radius 1 is 1.05 bits per heavy atom. The van der Waals surface area contributed by atoms with Crippen LogP contribution in [0.15, 0.2) is 48.8 Å². The Balaban J connectivity index is 1.86. The van der Waals surface area contributed by atoms with Crippen molar-refractivity contribution in [2.45, 2.75) is 13.0 Å². The number of rotatable bonds is 3. The van der Waals surface area contributed by atoms with Gasteiger partial charge in [0.15, 0.2) is 0 Å². The Bertz CT molecular complexity index is 741. The van der Waals surface area contributed by atoms with Gasteiger partial charge >= 0.3 is 0 Å². The molecule has 0 aliphatic rings.